The number of benzene rings is 9. The molecule has 10 aromatic rings. The van der Waals surface area contributed by atoms with Crippen LogP contribution in [0.1, 0.15) is 22.9 Å². The minimum atomic E-state index is -0.503. The van der Waals surface area contributed by atoms with Crippen molar-refractivity contribution in [3.63, 3.8) is 0 Å². The van der Waals surface area contributed by atoms with E-state index >= 15 is 0 Å². The molecule has 53 heavy (non-hydrogen) atoms. The molecule has 0 spiro atoms. The fraction of sp³-hybridized carbons (Fsp3) is 0.0204. The van der Waals surface area contributed by atoms with Gasteiger partial charge >= 0.3 is 0 Å². The topological polar surface area (TPSA) is 49.9 Å². The highest BCUT2D eigenvalue weighted by molar-refractivity contribution is 6.20. The van der Waals surface area contributed by atoms with Gasteiger partial charge in [-0.3, -0.25) is 0 Å². The summed E-state index contributed by atoms with van der Waals surface area (Å²) in [6.07, 6.45) is -0.503. The van der Waals surface area contributed by atoms with Crippen LogP contribution in [-0.2, 0) is 0 Å². The molecule has 1 atom stereocenters. The van der Waals surface area contributed by atoms with Gasteiger partial charge in [0.05, 0.1) is 0 Å². The first kappa shape index (κ1) is 29.7. The molecule has 0 saturated carbocycles. The van der Waals surface area contributed by atoms with Crippen molar-refractivity contribution in [3.8, 4) is 11.1 Å². The Balaban J connectivity index is 1.09. The van der Waals surface area contributed by atoms with Crippen LogP contribution in [0.3, 0.4) is 0 Å². The van der Waals surface area contributed by atoms with Gasteiger partial charge < -0.3 is 9.73 Å². The van der Waals surface area contributed by atoms with E-state index in [1.165, 1.54) is 37.7 Å². The molecule has 0 radical (unpaired) electrons. The maximum Gasteiger partial charge on any atom is 0.169 e. The number of hydrogen-bond donors (Lipinski definition) is 1. The number of fused-ring (bicyclic) bond motifs is 9. The molecule has 4 nitrogen and oxygen atoms in total. The highest BCUT2D eigenvalue weighted by Crippen LogP contribution is 2.41. The Hall–Kier alpha value is -7.04. The molecule has 1 aliphatic rings. The summed E-state index contributed by atoms with van der Waals surface area (Å²) < 4.78 is 6.55. The van der Waals surface area contributed by atoms with Crippen molar-refractivity contribution in [2.75, 3.05) is 0 Å². The Bertz CT molecular complexity index is 3150. The third-order valence-electron chi connectivity index (χ3n) is 10.7. The molecule has 9 aromatic carbocycles. The number of furan rings is 1. The SMILES string of the molecule is c1ccc(C2=NC(c3cc(-c4ccc5ccccc5c4)c4c(c3)oc3ccccc34)N=C(c3ccc4c(ccc5c6ccccc6ccc45)c3)N2)cc1. The number of amidine groups is 2. The van der Waals surface area contributed by atoms with Crippen LogP contribution in [0.15, 0.2) is 190 Å². The Morgan fingerprint density at radius 2 is 1.00 bits per heavy atom. The minimum absolute atomic E-state index is 0.503. The molecule has 1 aromatic heterocycles. The van der Waals surface area contributed by atoms with Crippen LogP contribution in [0.5, 0.6) is 0 Å². The summed E-state index contributed by atoms with van der Waals surface area (Å²) in [4.78, 5) is 10.6. The Morgan fingerprint density at radius 3 is 1.85 bits per heavy atom. The van der Waals surface area contributed by atoms with Gasteiger partial charge in [-0.2, -0.15) is 0 Å². The Kier molecular flexibility index (Phi) is 6.58. The quantitative estimate of drug-likeness (QED) is 0.189. The van der Waals surface area contributed by atoms with E-state index < -0.39 is 6.17 Å². The molecule has 248 valence electrons. The third-order valence-corrected chi connectivity index (χ3v) is 10.7. The van der Waals surface area contributed by atoms with Gasteiger partial charge in [-0.05, 0) is 84.5 Å². The normalized spacial score (nSPS) is 14.6. The maximum atomic E-state index is 6.55. The fourth-order valence-corrected chi connectivity index (χ4v) is 8.07. The van der Waals surface area contributed by atoms with Gasteiger partial charge in [0.1, 0.15) is 22.8 Å². The molecule has 4 heteroatoms. The lowest BCUT2D eigenvalue weighted by molar-refractivity contribution is 0.665. The lowest BCUT2D eigenvalue weighted by Gasteiger charge is -2.23. The van der Waals surface area contributed by atoms with Crippen LogP contribution < -0.4 is 5.32 Å². The van der Waals surface area contributed by atoms with Crippen LogP contribution >= 0.6 is 0 Å². The van der Waals surface area contributed by atoms with E-state index in [1.54, 1.807) is 0 Å². The highest BCUT2D eigenvalue weighted by atomic mass is 16.3. The standard InChI is InChI=1S/C49H31N3O/c1-2-12-32(13-3-1)47-50-48(36-22-23-39-34(27-36)21-25-40-38-15-7-6-11-31(38)20-24-41(39)40)52-49(51-47)37-28-43(35-19-18-30-10-4-5-14-33(30)26-35)46-42-16-8-9-17-44(42)53-45(46)29-37/h1-29,49H,(H,50,51,52). The zero-order valence-electron chi connectivity index (χ0n) is 28.6. The minimum Gasteiger partial charge on any atom is -0.456 e. The van der Waals surface area contributed by atoms with E-state index in [4.69, 9.17) is 14.4 Å². The molecule has 0 amide bonds. The smallest absolute Gasteiger partial charge is 0.169 e. The van der Waals surface area contributed by atoms with Crippen molar-refractivity contribution in [1.29, 1.82) is 0 Å². The summed E-state index contributed by atoms with van der Waals surface area (Å²) >= 11 is 0. The van der Waals surface area contributed by atoms with Crippen molar-refractivity contribution in [2.45, 2.75) is 6.17 Å². The molecule has 1 unspecified atom stereocenters. The largest absolute Gasteiger partial charge is 0.456 e. The molecule has 11 rings (SSSR count). The summed E-state index contributed by atoms with van der Waals surface area (Å²) in [5.74, 6) is 1.56. The van der Waals surface area contributed by atoms with Gasteiger partial charge in [0.15, 0.2) is 6.17 Å². The summed E-state index contributed by atoms with van der Waals surface area (Å²) in [5.41, 5.74) is 6.89. The number of hydrogen-bond acceptors (Lipinski definition) is 4. The van der Waals surface area contributed by atoms with Crippen molar-refractivity contribution < 1.29 is 4.42 Å². The lowest BCUT2D eigenvalue weighted by atomic mass is 9.94. The van der Waals surface area contributed by atoms with Crippen molar-refractivity contribution in [2.24, 2.45) is 9.98 Å². The second-order valence-corrected chi connectivity index (χ2v) is 13.8. The Morgan fingerprint density at radius 1 is 0.396 bits per heavy atom. The van der Waals surface area contributed by atoms with Gasteiger partial charge in [-0.1, -0.05) is 146 Å². The molecular formula is C49H31N3O. The van der Waals surface area contributed by atoms with E-state index in [-0.39, 0.29) is 0 Å². The van der Waals surface area contributed by atoms with Crippen LogP contribution in [0.4, 0.5) is 0 Å². The van der Waals surface area contributed by atoms with Gasteiger partial charge in [0.25, 0.3) is 0 Å². The lowest BCUT2D eigenvalue weighted by Crippen LogP contribution is -2.36. The van der Waals surface area contributed by atoms with Crippen molar-refractivity contribution >= 4 is 76.7 Å². The van der Waals surface area contributed by atoms with E-state index in [1.807, 2.05) is 30.3 Å². The third kappa shape index (κ3) is 4.91. The predicted octanol–water partition coefficient (Wildman–Crippen LogP) is 12.4. The first-order valence-corrected chi connectivity index (χ1v) is 18.0. The van der Waals surface area contributed by atoms with E-state index in [0.29, 0.717) is 0 Å². The van der Waals surface area contributed by atoms with Gasteiger partial charge in [-0.15, -0.1) is 0 Å². The average molecular weight is 678 g/mol. The average Bonchev–Trinajstić information content (AvgIpc) is 3.61. The molecule has 0 aliphatic carbocycles. The van der Waals surface area contributed by atoms with Crippen LogP contribution in [0, 0.1) is 0 Å². The molecule has 0 bridgehead atoms. The fourth-order valence-electron chi connectivity index (χ4n) is 8.07. The molecule has 1 aliphatic heterocycles. The first-order chi connectivity index (χ1) is 26.2. The number of aliphatic imine (C=N–C) groups is 2. The van der Waals surface area contributed by atoms with E-state index in [9.17, 15) is 0 Å². The van der Waals surface area contributed by atoms with Crippen LogP contribution in [0.2, 0.25) is 0 Å². The van der Waals surface area contributed by atoms with E-state index in [2.05, 4.69) is 151 Å². The van der Waals surface area contributed by atoms with Crippen molar-refractivity contribution in [3.05, 3.63) is 193 Å². The second-order valence-electron chi connectivity index (χ2n) is 13.8. The van der Waals surface area contributed by atoms with Gasteiger partial charge in [0, 0.05) is 27.5 Å². The highest BCUT2D eigenvalue weighted by Gasteiger charge is 2.24. The maximum absolute atomic E-state index is 6.55. The number of para-hydroxylation sites is 1. The zero-order valence-corrected chi connectivity index (χ0v) is 28.6. The number of nitrogens with one attached hydrogen (secondary N) is 1. The molecule has 1 N–H and O–H groups in total. The monoisotopic (exact) mass is 677 g/mol. The second kappa shape index (κ2) is 11.8. The van der Waals surface area contributed by atoms with Crippen molar-refractivity contribution in [1.82, 2.24) is 5.32 Å². The number of nitrogens with zero attached hydrogens (tertiary/aromatic N) is 2. The predicted molar refractivity (Wildman–Crippen MR) is 221 cm³/mol. The van der Waals surface area contributed by atoms with Gasteiger partial charge in [-0.25, -0.2) is 9.98 Å². The zero-order chi connectivity index (χ0) is 34.9. The van der Waals surface area contributed by atoms with E-state index in [0.717, 1.165) is 66.8 Å². The Labute approximate surface area is 305 Å². The van der Waals surface area contributed by atoms with Gasteiger partial charge in [0.2, 0.25) is 0 Å². The van der Waals surface area contributed by atoms with Crippen LogP contribution in [0.25, 0.3) is 76.2 Å². The molecular weight excluding hydrogens is 647 g/mol. The molecule has 0 fully saturated rings. The summed E-state index contributed by atoms with van der Waals surface area (Å²) in [6, 6.07) is 62.3. The van der Waals surface area contributed by atoms with Crippen LogP contribution in [-0.4, -0.2) is 11.7 Å². The molecule has 2 heterocycles. The summed E-state index contributed by atoms with van der Waals surface area (Å²) in [6.45, 7) is 0. The summed E-state index contributed by atoms with van der Waals surface area (Å²) in [7, 11) is 0. The first-order valence-electron chi connectivity index (χ1n) is 18.0. The number of rotatable bonds is 4. The summed E-state index contributed by atoms with van der Waals surface area (Å²) in [5, 5.41) is 15.6. The molecule has 0 saturated heterocycles.